The Balaban J connectivity index is 2.03. The van der Waals surface area contributed by atoms with E-state index in [0.29, 0.717) is 10.8 Å². The van der Waals surface area contributed by atoms with Crippen molar-refractivity contribution in [2.75, 3.05) is 12.9 Å². The zero-order valence-corrected chi connectivity index (χ0v) is 13.3. The number of carbonyl (C=O) groups is 2. The smallest absolute Gasteiger partial charge is 0.279 e. The summed E-state index contributed by atoms with van der Waals surface area (Å²) >= 11 is 7.28. The second-order valence-corrected chi connectivity index (χ2v) is 6.17. The van der Waals surface area contributed by atoms with E-state index in [1.54, 1.807) is 13.2 Å². The fourth-order valence-electron chi connectivity index (χ4n) is 2.23. The van der Waals surface area contributed by atoms with Crippen LogP contribution >= 0.6 is 23.4 Å². The number of benzene rings is 1. The molecule has 1 saturated heterocycles. The number of rotatable bonds is 5. The van der Waals surface area contributed by atoms with E-state index in [0.717, 1.165) is 17.3 Å². The van der Waals surface area contributed by atoms with Crippen LogP contribution in [0.4, 0.5) is 4.79 Å². The van der Waals surface area contributed by atoms with Gasteiger partial charge in [-0.25, -0.2) is 0 Å². The Morgan fingerprint density at radius 3 is 2.81 bits per heavy atom. The zero-order chi connectivity index (χ0) is 15.4. The summed E-state index contributed by atoms with van der Waals surface area (Å²) in [5.74, 6) is 0.233. The van der Waals surface area contributed by atoms with Gasteiger partial charge in [0.05, 0.1) is 6.04 Å². The third kappa shape index (κ3) is 3.90. The summed E-state index contributed by atoms with van der Waals surface area (Å²) in [6.07, 6.45) is -0.354. The number of halogens is 1. The topological polar surface area (TPSA) is 67.4 Å². The van der Waals surface area contributed by atoms with Gasteiger partial charge in [-0.1, -0.05) is 41.6 Å². The first-order valence-electron chi connectivity index (χ1n) is 6.53. The van der Waals surface area contributed by atoms with Crippen LogP contribution in [-0.4, -0.2) is 36.1 Å². The molecule has 1 aliphatic heterocycles. The summed E-state index contributed by atoms with van der Waals surface area (Å²) in [7, 11) is 1.57. The maximum absolute atomic E-state index is 12.1. The van der Waals surface area contributed by atoms with Gasteiger partial charge in [-0.2, -0.15) is 0 Å². The molecule has 114 valence electrons. The van der Waals surface area contributed by atoms with E-state index in [9.17, 15) is 9.59 Å². The Bertz CT molecular complexity index is 541. The Morgan fingerprint density at radius 1 is 1.52 bits per heavy atom. The van der Waals surface area contributed by atoms with Gasteiger partial charge >= 0.3 is 0 Å². The number of nitrogens with one attached hydrogen (secondary N) is 2. The second kappa shape index (κ2) is 7.15. The van der Waals surface area contributed by atoms with E-state index in [1.807, 2.05) is 25.1 Å². The van der Waals surface area contributed by atoms with Crippen molar-refractivity contribution in [1.82, 2.24) is 10.6 Å². The SMILES string of the molecule is CO[C@H](c1ccccc1Cl)[C@H](C)NC(=O)[C@H]1CSC(=O)N1. The lowest BCUT2D eigenvalue weighted by molar-refractivity contribution is -0.123. The number of thioether (sulfide) groups is 1. The number of hydrogen-bond donors (Lipinski definition) is 2. The zero-order valence-electron chi connectivity index (χ0n) is 11.8. The summed E-state index contributed by atoms with van der Waals surface area (Å²) in [4.78, 5) is 23.2. The van der Waals surface area contributed by atoms with Crippen LogP contribution in [0.2, 0.25) is 5.02 Å². The number of ether oxygens (including phenoxy) is 1. The predicted molar refractivity (Wildman–Crippen MR) is 83.6 cm³/mol. The molecule has 1 aromatic carbocycles. The molecule has 0 spiro atoms. The predicted octanol–water partition coefficient (Wildman–Crippen LogP) is 2.36. The fourth-order valence-corrected chi connectivity index (χ4v) is 3.25. The molecule has 0 radical (unpaired) electrons. The maximum Gasteiger partial charge on any atom is 0.279 e. The lowest BCUT2D eigenvalue weighted by atomic mass is 10.0. The van der Waals surface area contributed by atoms with Crippen LogP contribution in [0.3, 0.4) is 0 Å². The molecule has 5 nitrogen and oxygen atoms in total. The minimum absolute atomic E-state index is 0.169. The molecular formula is C14H17ClN2O3S. The minimum Gasteiger partial charge on any atom is -0.375 e. The number of methoxy groups -OCH3 is 1. The monoisotopic (exact) mass is 328 g/mol. The molecule has 7 heteroatoms. The normalized spacial score (nSPS) is 20.7. The number of amides is 2. The van der Waals surface area contributed by atoms with Gasteiger partial charge in [0, 0.05) is 23.4 Å². The van der Waals surface area contributed by atoms with Crippen LogP contribution in [0.15, 0.2) is 24.3 Å². The van der Waals surface area contributed by atoms with Gasteiger partial charge < -0.3 is 15.4 Å². The van der Waals surface area contributed by atoms with Crippen molar-refractivity contribution in [3.8, 4) is 0 Å². The highest BCUT2D eigenvalue weighted by Gasteiger charge is 2.30. The molecule has 1 aliphatic rings. The van der Waals surface area contributed by atoms with Gasteiger partial charge in [0.1, 0.15) is 12.1 Å². The first-order chi connectivity index (χ1) is 10.0. The fraction of sp³-hybridized carbons (Fsp3) is 0.429. The quantitative estimate of drug-likeness (QED) is 0.870. The van der Waals surface area contributed by atoms with E-state index < -0.39 is 6.04 Å². The van der Waals surface area contributed by atoms with E-state index in [1.165, 1.54) is 0 Å². The van der Waals surface area contributed by atoms with Crippen LogP contribution in [0.1, 0.15) is 18.6 Å². The van der Waals surface area contributed by atoms with Crippen molar-refractivity contribution >= 4 is 34.5 Å². The van der Waals surface area contributed by atoms with Crippen LogP contribution in [-0.2, 0) is 9.53 Å². The van der Waals surface area contributed by atoms with E-state index >= 15 is 0 Å². The van der Waals surface area contributed by atoms with Gasteiger partial charge in [0.15, 0.2) is 0 Å². The molecule has 0 unspecified atom stereocenters. The summed E-state index contributed by atoms with van der Waals surface area (Å²) in [5, 5.41) is 5.90. The summed E-state index contributed by atoms with van der Waals surface area (Å²) < 4.78 is 5.47. The average Bonchev–Trinajstić information content (AvgIpc) is 2.88. The van der Waals surface area contributed by atoms with Gasteiger partial charge in [-0.15, -0.1) is 0 Å². The van der Waals surface area contributed by atoms with E-state index in [4.69, 9.17) is 16.3 Å². The largest absolute Gasteiger partial charge is 0.375 e. The molecule has 2 N–H and O–H groups in total. The highest BCUT2D eigenvalue weighted by Crippen LogP contribution is 2.27. The molecule has 3 atom stereocenters. The van der Waals surface area contributed by atoms with Crippen LogP contribution in [0, 0.1) is 0 Å². The lowest BCUT2D eigenvalue weighted by Gasteiger charge is -2.26. The molecule has 2 rings (SSSR count). The molecule has 0 bridgehead atoms. The van der Waals surface area contributed by atoms with Crippen LogP contribution in [0.5, 0.6) is 0 Å². The van der Waals surface area contributed by atoms with Gasteiger partial charge in [0.2, 0.25) is 5.91 Å². The molecule has 0 aromatic heterocycles. The number of carbonyl (C=O) groups excluding carboxylic acids is 2. The van der Waals surface area contributed by atoms with Crippen molar-refractivity contribution < 1.29 is 14.3 Å². The standard InChI is InChI=1S/C14H17ClN2O3S/c1-8(16-13(18)11-7-21-14(19)17-11)12(20-2)9-5-3-4-6-10(9)15/h3-6,8,11-12H,7H2,1-2H3,(H,16,18)(H,17,19)/t8-,11+,12-/m0/s1. The van der Waals surface area contributed by atoms with Gasteiger partial charge in [-0.3, -0.25) is 9.59 Å². The third-order valence-corrected chi connectivity index (χ3v) is 4.50. The van der Waals surface area contributed by atoms with Gasteiger partial charge in [-0.05, 0) is 13.0 Å². The Hall–Kier alpha value is -1.24. The van der Waals surface area contributed by atoms with E-state index in [-0.39, 0.29) is 23.3 Å². The highest BCUT2D eigenvalue weighted by atomic mass is 35.5. The minimum atomic E-state index is -0.492. The Labute approximate surface area is 132 Å². The Kier molecular flexibility index (Phi) is 5.50. The lowest BCUT2D eigenvalue weighted by Crippen LogP contribution is -2.48. The molecule has 0 aliphatic carbocycles. The highest BCUT2D eigenvalue weighted by molar-refractivity contribution is 8.14. The van der Waals surface area contributed by atoms with Crippen molar-refractivity contribution in [3.63, 3.8) is 0 Å². The van der Waals surface area contributed by atoms with Crippen molar-refractivity contribution in [3.05, 3.63) is 34.9 Å². The Morgan fingerprint density at radius 2 is 2.24 bits per heavy atom. The summed E-state index contributed by atoms with van der Waals surface area (Å²) in [6, 6.07) is 6.60. The molecular weight excluding hydrogens is 312 g/mol. The third-order valence-electron chi connectivity index (χ3n) is 3.28. The van der Waals surface area contributed by atoms with Crippen LogP contribution in [0.25, 0.3) is 0 Å². The number of hydrogen-bond acceptors (Lipinski definition) is 4. The van der Waals surface area contributed by atoms with Crippen molar-refractivity contribution in [2.45, 2.75) is 25.1 Å². The van der Waals surface area contributed by atoms with Crippen molar-refractivity contribution in [2.24, 2.45) is 0 Å². The van der Waals surface area contributed by atoms with Crippen LogP contribution < -0.4 is 10.6 Å². The van der Waals surface area contributed by atoms with Crippen molar-refractivity contribution in [1.29, 1.82) is 0 Å². The van der Waals surface area contributed by atoms with E-state index in [2.05, 4.69) is 10.6 Å². The molecule has 1 fully saturated rings. The molecule has 2 amide bonds. The second-order valence-electron chi connectivity index (χ2n) is 4.77. The summed E-state index contributed by atoms with van der Waals surface area (Å²) in [5.41, 5.74) is 0.819. The molecule has 1 heterocycles. The molecule has 21 heavy (non-hydrogen) atoms. The average molecular weight is 329 g/mol. The molecule has 1 aromatic rings. The molecule has 0 saturated carbocycles. The summed E-state index contributed by atoms with van der Waals surface area (Å²) in [6.45, 7) is 1.85. The maximum atomic E-state index is 12.1. The first kappa shape index (κ1) is 16.1. The first-order valence-corrected chi connectivity index (χ1v) is 7.90. The van der Waals surface area contributed by atoms with Gasteiger partial charge in [0.25, 0.3) is 5.24 Å².